The predicted molar refractivity (Wildman–Crippen MR) is 109 cm³/mol. The molecule has 0 bridgehead atoms. The molecule has 2 unspecified atom stereocenters. The van der Waals surface area contributed by atoms with Crippen LogP contribution in [0.25, 0.3) is 10.4 Å². The molecule has 0 aliphatic carbocycles. The van der Waals surface area contributed by atoms with Crippen LogP contribution in [0.1, 0.15) is 50.3 Å². The van der Waals surface area contributed by atoms with E-state index in [1.165, 1.54) is 11.1 Å². The monoisotopic (exact) mass is 348 g/mol. The van der Waals surface area contributed by atoms with E-state index >= 15 is 0 Å². The summed E-state index contributed by atoms with van der Waals surface area (Å²) >= 11 is 0. The standard InChI is InChI=1S/C22H28N4/c1-4-20(25-26-23)16-21(15-17(2)3)24-22(18-11-7-5-8-12-18)19-13-9-6-10-14-19/h5-14,20-22,24H,2,4,15-16H2,1,3H3. The number of hydrogen-bond donors (Lipinski definition) is 1. The first-order chi connectivity index (χ1) is 12.6. The van der Waals surface area contributed by atoms with Gasteiger partial charge in [0.05, 0.1) is 6.04 Å². The first kappa shape index (κ1) is 19.8. The van der Waals surface area contributed by atoms with E-state index in [9.17, 15) is 0 Å². The van der Waals surface area contributed by atoms with E-state index in [1.807, 2.05) is 19.1 Å². The van der Waals surface area contributed by atoms with Crippen molar-refractivity contribution in [1.29, 1.82) is 0 Å². The molecule has 2 aromatic carbocycles. The quantitative estimate of drug-likeness (QED) is 0.237. The van der Waals surface area contributed by atoms with Crippen LogP contribution in [0.3, 0.4) is 0 Å². The Morgan fingerprint density at radius 2 is 1.62 bits per heavy atom. The average molecular weight is 348 g/mol. The molecule has 26 heavy (non-hydrogen) atoms. The molecule has 0 radical (unpaired) electrons. The number of rotatable bonds is 10. The normalized spacial score (nSPS) is 13.0. The summed E-state index contributed by atoms with van der Waals surface area (Å²) in [6, 6.07) is 21.2. The van der Waals surface area contributed by atoms with E-state index < -0.39 is 0 Å². The molecule has 0 aromatic heterocycles. The van der Waals surface area contributed by atoms with E-state index in [2.05, 4.69) is 77.4 Å². The average Bonchev–Trinajstić information content (AvgIpc) is 2.66. The van der Waals surface area contributed by atoms with Crippen molar-refractivity contribution in [3.05, 3.63) is 94.4 Å². The fourth-order valence-electron chi connectivity index (χ4n) is 3.24. The second kappa shape index (κ2) is 10.4. The molecule has 4 nitrogen and oxygen atoms in total. The third-order valence-corrected chi connectivity index (χ3v) is 4.51. The summed E-state index contributed by atoms with van der Waals surface area (Å²) in [4.78, 5) is 3.01. The van der Waals surface area contributed by atoms with Crippen LogP contribution in [0.5, 0.6) is 0 Å². The summed E-state index contributed by atoms with van der Waals surface area (Å²) in [5.41, 5.74) is 12.4. The molecule has 0 fully saturated rings. The van der Waals surface area contributed by atoms with Gasteiger partial charge in [-0.15, -0.1) is 6.58 Å². The maximum atomic E-state index is 8.82. The Morgan fingerprint density at radius 1 is 1.08 bits per heavy atom. The van der Waals surface area contributed by atoms with E-state index in [0.29, 0.717) is 0 Å². The molecular formula is C22H28N4. The van der Waals surface area contributed by atoms with Crippen LogP contribution in [-0.4, -0.2) is 12.1 Å². The van der Waals surface area contributed by atoms with Crippen LogP contribution >= 0.6 is 0 Å². The largest absolute Gasteiger partial charge is 0.303 e. The van der Waals surface area contributed by atoms with Gasteiger partial charge in [0.2, 0.25) is 0 Å². The van der Waals surface area contributed by atoms with Crippen molar-refractivity contribution in [3.63, 3.8) is 0 Å². The minimum absolute atomic E-state index is 0.0101. The first-order valence-corrected chi connectivity index (χ1v) is 9.18. The molecule has 0 heterocycles. The molecule has 0 spiro atoms. The lowest BCUT2D eigenvalue weighted by Gasteiger charge is -2.28. The molecule has 0 aliphatic rings. The van der Waals surface area contributed by atoms with Gasteiger partial charge in [-0.25, -0.2) is 0 Å². The van der Waals surface area contributed by atoms with Gasteiger partial charge in [0, 0.05) is 17.0 Å². The Balaban J connectivity index is 2.29. The van der Waals surface area contributed by atoms with E-state index in [0.717, 1.165) is 24.8 Å². The van der Waals surface area contributed by atoms with Crippen LogP contribution < -0.4 is 5.32 Å². The summed E-state index contributed by atoms with van der Waals surface area (Å²) in [5, 5.41) is 7.75. The van der Waals surface area contributed by atoms with Gasteiger partial charge in [0.15, 0.2) is 0 Å². The zero-order chi connectivity index (χ0) is 18.8. The lowest BCUT2D eigenvalue weighted by atomic mass is 9.94. The van der Waals surface area contributed by atoms with Gasteiger partial charge in [-0.05, 0) is 42.8 Å². The highest BCUT2D eigenvalue weighted by Crippen LogP contribution is 2.25. The lowest BCUT2D eigenvalue weighted by molar-refractivity contribution is 0.403. The van der Waals surface area contributed by atoms with Crippen LogP contribution in [0.15, 0.2) is 77.9 Å². The van der Waals surface area contributed by atoms with Crippen LogP contribution in [0, 0.1) is 0 Å². The molecule has 0 saturated carbocycles. The minimum atomic E-state index is -0.0101. The van der Waals surface area contributed by atoms with Crippen LogP contribution in [0.4, 0.5) is 0 Å². The van der Waals surface area contributed by atoms with Crippen molar-refractivity contribution in [2.24, 2.45) is 5.11 Å². The number of nitrogens with one attached hydrogen (secondary N) is 1. The van der Waals surface area contributed by atoms with Gasteiger partial charge in [0.1, 0.15) is 0 Å². The number of hydrogen-bond acceptors (Lipinski definition) is 2. The highest BCUT2D eigenvalue weighted by Gasteiger charge is 2.21. The Hall–Kier alpha value is -2.55. The van der Waals surface area contributed by atoms with E-state index in [4.69, 9.17) is 5.53 Å². The predicted octanol–water partition coefficient (Wildman–Crippen LogP) is 6.18. The van der Waals surface area contributed by atoms with Gasteiger partial charge in [-0.2, -0.15) is 0 Å². The lowest BCUT2D eigenvalue weighted by Crippen LogP contribution is -2.36. The highest BCUT2D eigenvalue weighted by atomic mass is 15.1. The summed E-state index contributed by atoms with van der Waals surface area (Å²) in [7, 11) is 0. The van der Waals surface area contributed by atoms with Crippen molar-refractivity contribution >= 4 is 0 Å². The molecule has 2 aromatic rings. The molecule has 0 saturated heterocycles. The molecule has 0 aliphatic heterocycles. The Labute approximate surface area is 156 Å². The molecule has 0 amide bonds. The van der Waals surface area contributed by atoms with Gasteiger partial charge in [-0.3, -0.25) is 0 Å². The van der Waals surface area contributed by atoms with Gasteiger partial charge >= 0.3 is 0 Å². The Morgan fingerprint density at radius 3 is 2.04 bits per heavy atom. The maximum absolute atomic E-state index is 8.82. The summed E-state index contributed by atoms with van der Waals surface area (Å²) in [5.74, 6) is 0. The molecular weight excluding hydrogens is 320 g/mol. The molecule has 136 valence electrons. The maximum Gasteiger partial charge on any atom is 0.0578 e. The van der Waals surface area contributed by atoms with Crippen molar-refractivity contribution in [1.82, 2.24) is 5.32 Å². The zero-order valence-electron chi connectivity index (χ0n) is 15.7. The SMILES string of the molecule is C=C(C)CC(CC(CC)N=[N+]=[N-])NC(c1ccccc1)c1ccccc1. The van der Waals surface area contributed by atoms with Crippen molar-refractivity contribution in [2.45, 2.75) is 51.2 Å². The van der Waals surface area contributed by atoms with Gasteiger partial charge < -0.3 is 5.32 Å². The number of azide groups is 1. The molecule has 4 heteroatoms. The molecule has 2 atom stereocenters. The van der Waals surface area contributed by atoms with Gasteiger partial charge in [0.25, 0.3) is 0 Å². The van der Waals surface area contributed by atoms with Crippen LogP contribution in [0.2, 0.25) is 0 Å². The van der Waals surface area contributed by atoms with E-state index in [-0.39, 0.29) is 18.1 Å². The topological polar surface area (TPSA) is 60.8 Å². The van der Waals surface area contributed by atoms with E-state index in [1.54, 1.807) is 0 Å². The van der Waals surface area contributed by atoms with Crippen LogP contribution in [-0.2, 0) is 0 Å². The highest BCUT2D eigenvalue weighted by molar-refractivity contribution is 5.31. The second-order valence-electron chi connectivity index (χ2n) is 6.78. The molecule has 1 N–H and O–H groups in total. The second-order valence-corrected chi connectivity index (χ2v) is 6.78. The molecule has 2 rings (SSSR count). The summed E-state index contributed by atoms with van der Waals surface area (Å²) in [6.45, 7) is 8.19. The Kier molecular flexibility index (Phi) is 7.94. The summed E-state index contributed by atoms with van der Waals surface area (Å²) in [6.07, 6.45) is 2.48. The van der Waals surface area contributed by atoms with Crippen molar-refractivity contribution in [3.8, 4) is 0 Å². The van der Waals surface area contributed by atoms with Crippen molar-refractivity contribution < 1.29 is 0 Å². The Bertz CT molecular complexity index is 681. The summed E-state index contributed by atoms with van der Waals surface area (Å²) < 4.78 is 0. The van der Waals surface area contributed by atoms with Gasteiger partial charge in [-0.1, -0.05) is 78.3 Å². The number of benzene rings is 2. The first-order valence-electron chi connectivity index (χ1n) is 9.18. The minimum Gasteiger partial charge on any atom is -0.303 e. The van der Waals surface area contributed by atoms with Crippen molar-refractivity contribution in [2.75, 3.05) is 0 Å². The number of nitrogens with zero attached hydrogens (tertiary/aromatic N) is 3. The fourth-order valence-corrected chi connectivity index (χ4v) is 3.24. The zero-order valence-corrected chi connectivity index (χ0v) is 15.7. The third-order valence-electron chi connectivity index (χ3n) is 4.51. The smallest absolute Gasteiger partial charge is 0.0578 e. The third kappa shape index (κ3) is 6.07. The fraction of sp³-hybridized carbons (Fsp3) is 0.364.